The van der Waals surface area contributed by atoms with Crippen LogP contribution in [0.3, 0.4) is 0 Å². The smallest absolute Gasteiger partial charge is 0.254 e. The topological polar surface area (TPSA) is 73.2 Å². The van der Waals surface area contributed by atoms with Crippen LogP contribution in [0.5, 0.6) is 0 Å². The molecule has 0 bridgehead atoms. The van der Waals surface area contributed by atoms with Crippen LogP contribution in [0.15, 0.2) is 58.4 Å². The van der Waals surface area contributed by atoms with Crippen LogP contribution >= 0.6 is 0 Å². The van der Waals surface area contributed by atoms with Crippen LogP contribution in [0.25, 0.3) is 11.1 Å². The molecule has 0 atom stereocenters. The van der Waals surface area contributed by atoms with E-state index in [1.165, 1.54) is 12.5 Å². The molecule has 6 nitrogen and oxygen atoms in total. The van der Waals surface area contributed by atoms with E-state index in [1.807, 2.05) is 12.3 Å². The van der Waals surface area contributed by atoms with Crippen LogP contribution in [0.1, 0.15) is 10.4 Å². The lowest BCUT2D eigenvalue weighted by Gasteiger charge is -2.03. The van der Waals surface area contributed by atoms with Crippen molar-refractivity contribution in [3.05, 3.63) is 55.1 Å². The highest BCUT2D eigenvalue weighted by atomic mass is 16.3. The van der Waals surface area contributed by atoms with E-state index in [4.69, 9.17) is 8.83 Å². The third-order valence-electron chi connectivity index (χ3n) is 2.90. The standard InChI is InChI=1S/C14H13N3O3/c18-14(12-2-6-20-10-12)15-3-4-17-8-13(7-16-17)11-1-5-19-9-11/h1-2,5-10H,3-4H2,(H,15,18). The number of nitrogens with one attached hydrogen (secondary N) is 1. The van der Waals surface area contributed by atoms with Gasteiger partial charge in [0.15, 0.2) is 0 Å². The van der Waals surface area contributed by atoms with Gasteiger partial charge in [0, 0.05) is 23.9 Å². The lowest BCUT2D eigenvalue weighted by molar-refractivity contribution is 0.0951. The van der Waals surface area contributed by atoms with Gasteiger partial charge in [-0.2, -0.15) is 5.10 Å². The molecule has 3 aromatic rings. The zero-order valence-electron chi connectivity index (χ0n) is 10.7. The molecule has 0 aliphatic heterocycles. The average Bonchev–Trinajstić information content (AvgIpc) is 3.20. The second-order valence-corrected chi connectivity index (χ2v) is 4.27. The fraction of sp³-hybridized carbons (Fsp3) is 0.143. The number of furan rings is 2. The summed E-state index contributed by atoms with van der Waals surface area (Å²) in [5.74, 6) is -0.152. The number of carbonyl (C=O) groups is 1. The van der Waals surface area contributed by atoms with Gasteiger partial charge >= 0.3 is 0 Å². The number of aromatic nitrogens is 2. The van der Waals surface area contributed by atoms with Gasteiger partial charge in [-0.15, -0.1) is 0 Å². The van der Waals surface area contributed by atoms with Crippen molar-refractivity contribution in [3.63, 3.8) is 0 Å². The van der Waals surface area contributed by atoms with Crippen LogP contribution in [0.4, 0.5) is 0 Å². The first-order chi connectivity index (χ1) is 9.83. The largest absolute Gasteiger partial charge is 0.472 e. The molecule has 3 heterocycles. The summed E-state index contributed by atoms with van der Waals surface area (Å²) < 4.78 is 11.7. The van der Waals surface area contributed by atoms with Crippen molar-refractivity contribution < 1.29 is 13.6 Å². The van der Waals surface area contributed by atoms with Crippen molar-refractivity contribution in [2.75, 3.05) is 6.54 Å². The summed E-state index contributed by atoms with van der Waals surface area (Å²) in [5, 5.41) is 7.04. The molecule has 3 rings (SSSR count). The molecule has 3 aromatic heterocycles. The fourth-order valence-electron chi connectivity index (χ4n) is 1.84. The Kier molecular flexibility index (Phi) is 3.36. The minimum absolute atomic E-state index is 0.152. The van der Waals surface area contributed by atoms with Crippen molar-refractivity contribution in [1.29, 1.82) is 0 Å². The van der Waals surface area contributed by atoms with Crippen molar-refractivity contribution in [2.45, 2.75) is 6.54 Å². The molecule has 102 valence electrons. The minimum Gasteiger partial charge on any atom is -0.472 e. The molecule has 0 aromatic carbocycles. The number of carbonyl (C=O) groups excluding carboxylic acids is 1. The first-order valence-corrected chi connectivity index (χ1v) is 6.18. The summed E-state index contributed by atoms with van der Waals surface area (Å²) in [6.07, 6.45) is 9.86. The van der Waals surface area contributed by atoms with Gasteiger partial charge in [0.25, 0.3) is 5.91 Å². The van der Waals surface area contributed by atoms with Crippen LogP contribution in [-0.2, 0) is 6.54 Å². The summed E-state index contributed by atoms with van der Waals surface area (Å²) in [6, 6.07) is 3.50. The predicted octanol–water partition coefficient (Wildman–Crippen LogP) is 2.17. The molecular weight excluding hydrogens is 258 g/mol. The fourth-order valence-corrected chi connectivity index (χ4v) is 1.84. The Morgan fingerprint density at radius 2 is 2.05 bits per heavy atom. The van der Waals surface area contributed by atoms with Gasteiger partial charge in [-0.05, 0) is 12.1 Å². The monoisotopic (exact) mass is 271 g/mol. The van der Waals surface area contributed by atoms with Crippen LogP contribution in [0.2, 0.25) is 0 Å². The Bertz CT molecular complexity index is 668. The Labute approximate surface area is 115 Å². The first-order valence-electron chi connectivity index (χ1n) is 6.18. The van der Waals surface area contributed by atoms with Gasteiger partial charge in [-0.1, -0.05) is 0 Å². The second-order valence-electron chi connectivity index (χ2n) is 4.27. The number of hydrogen-bond acceptors (Lipinski definition) is 4. The van der Waals surface area contributed by atoms with Gasteiger partial charge < -0.3 is 14.2 Å². The predicted molar refractivity (Wildman–Crippen MR) is 71.0 cm³/mol. The number of hydrogen-bond donors (Lipinski definition) is 1. The second kappa shape index (κ2) is 5.48. The van der Waals surface area contributed by atoms with Crippen molar-refractivity contribution in [3.8, 4) is 11.1 Å². The molecule has 0 aliphatic carbocycles. The van der Waals surface area contributed by atoms with Crippen LogP contribution < -0.4 is 5.32 Å². The molecule has 0 saturated heterocycles. The molecular formula is C14H13N3O3. The van der Waals surface area contributed by atoms with E-state index in [-0.39, 0.29) is 5.91 Å². The van der Waals surface area contributed by atoms with Crippen molar-refractivity contribution in [2.24, 2.45) is 0 Å². The lowest BCUT2D eigenvalue weighted by atomic mass is 10.2. The third kappa shape index (κ3) is 2.64. The third-order valence-corrected chi connectivity index (χ3v) is 2.90. The van der Waals surface area contributed by atoms with E-state index in [1.54, 1.807) is 29.5 Å². The van der Waals surface area contributed by atoms with E-state index in [0.717, 1.165) is 11.1 Å². The highest BCUT2D eigenvalue weighted by Crippen LogP contribution is 2.18. The summed E-state index contributed by atoms with van der Waals surface area (Å²) in [6.45, 7) is 1.10. The number of rotatable bonds is 5. The molecule has 0 spiro atoms. The Balaban J connectivity index is 1.53. The van der Waals surface area contributed by atoms with E-state index >= 15 is 0 Å². The zero-order chi connectivity index (χ0) is 13.8. The van der Waals surface area contributed by atoms with E-state index in [0.29, 0.717) is 18.7 Å². The van der Waals surface area contributed by atoms with E-state index in [9.17, 15) is 4.79 Å². The Morgan fingerprint density at radius 1 is 1.20 bits per heavy atom. The molecule has 0 radical (unpaired) electrons. The van der Waals surface area contributed by atoms with Crippen molar-refractivity contribution in [1.82, 2.24) is 15.1 Å². The summed E-state index contributed by atoms with van der Waals surface area (Å²) in [5.41, 5.74) is 2.49. The number of amides is 1. The van der Waals surface area contributed by atoms with Crippen LogP contribution in [0, 0.1) is 0 Å². The Hall–Kier alpha value is -2.76. The molecule has 0 saturated carbocycles. The molecule has 0 unspecified atom stereocenters. The van der Waals surface area contributed by atoms with Gasteiger partial charge in [0.1, 0.15) is 6.26 Å². The van der Waals surface area contributed by atoms with Gasteiger partial charge in [-0.25, -0.2) is 0 Å². The van der Waals surface area contributed by atoms with Crippen molar-refractivity contribution >= 4 is 5.91 Å². The Morgan fingerprint density at radius 3 is 2.80 bits per heavy atom. The minimum atomic E-state index is -0.152. The average molecular weight is 271 g/mol. The van der Waals surface area contributed by atoms with E-state index < -0.39 is 0 Å². The highest BCUT2D eigenvalue weighted by molar-refractivity contribution is 5.93. The zero-order valence-corrected chi connectivity index (χ0v) is 10.7. The quantitative estimate of drug-likeness (QED) is 0.771. The van der Waals surface area contributed by atoms with Gasteiger partial charge in [-0.3, -0.25) is 9.48 Å². The SMILES string of the molecule is O=C(NCCn1cc(-c2ccoc2)cn1)c1ccoc1. The van der Waals surface area contributed by atoms with E-state index in [2.05, 4.69) is 10.4 Å². The number of nitrogens with zero attached hydrogens (tertiary/aromatic N) is 2. The van der Waals surface area contributed by atoms with Gasteiger partial charge in [0.2, 0.25) is 0 Å². The summed E-state index contributed by atoms with van der Waals surface area (Å²) >= 11 is 0. The normalized spacial score (nSPS) is 10.6. The molecule has 1 N–H and O–H groups in total. The maximum atomic E-state index is 11.7. The molecule has 6 heteroatoms. The lowest BCUT2D eigenvalue weighted by Crippen LogP contribution is -2.26. The molecule has 1 amide bonds. The van der Waals surface area contributed by atoms with Gasteiger partial charge in [0.05, 0.1) is 37.1 Å². The molecule has 20 heavy (non-hydrogen) atoms. The van der Waals surface area contributed by atoms with Crippen LogP contribution in [-0.4, -0.2) is 22.2 Å². The maximum Gasteiger partial charge on any atom is 0.254 e. The highest BCUT2D eigenvalue weighted by Gasteiger charge is 2.06. The maximum absolute atomic E-state index is 11.7. The first kappa shape index (κ1) is 12.3. The molecule has 0 fully saturated rings. The summed E-state index contributed by atoms with van der Waals surface area (Å²) in [7, 11) is 0. The molecule has 0 aliphatic rings. The summed E-state index contributed by atoms with van der Waals surface area (Å²) in [4.78, 5) is 11.7.